The highest BCUT2D eigenvalue weighted by Gasteiger charge is 2.12. The van der Waals surface area contributed by atoms with E-state index < -0.39 is 24.4 Å². The molecule has 1 atom stereocenters. The van der Waals surface area contributed by atoms with Gasteiger partial charge in [0.25, 0.3) is 0 Å². The number of hydrogen-bond donors (Lipinski definition) is 1. The zero-order valence-corrected chi connectivity index (χ0v) is 7.82. The number of ether oxygens (including phenoxy) is 1. The van der Waals surface area contributed by atoms with Crippen molar-refractivity contribution in [2.24, 2.45) is 0 Å². The summed E-state index contributed by atoms with van der Waals surface area (Å²) < 4.78 is 30.2. The molecule has 5 heteroatoms. The second-order valence-corrected chi connectivity index (χ2v) is 2.96. The van der Waals surface area contributed by atoms with Crippen molar-refractivity contribution in [2.75, 3.05) is 6.61 Å². The molecular formula is C10H10F2O3. The predicted octanol–water partition coefficient (Wildman–Crippen LogP) is 2.02. The van der Waals surface area contributed by atoms with Gasteiger partial charge < -0.3 is 9.84 Å². The first-order chi connectivity index (χ1) is 7.08. The van der Waals surface area contributed by atoms with E-state index in [-0.39, 0.29) is 6.61 Å². The molecule has 0 bridgehead atoms. The number of aliphatic carboxylic acids is 1. The van der Waals surface area contributed by atoms with Gasteiger partial charge in [-0.1, -0.05) is 0 Å². The highest BCUT2D eigenvalue weighted by Crippen LogP contribution is 2.12. The molecule has 1 N–H and O–H groups in total. The molecule has 0 spiro atoms. The molecule has 3 nitrogen and oxygen atoms in total. The van der Waals surface area contributed by atoms with Gasteiger partial charge in [0.1, 0.15) is 24.3 Å². The molecule has 82 valence electrons. The third kappa shape index (κ3) is 4.39. The first kappa shape index (κ1) is 11.4. The molecule has 1 aromatic carbocycles. The Morgan fingerprint density at radius 2 is 2.00 bits per heavy atom. The van der Waals surface area contributed by atoms with Crippen molar-refractivity contribution < 1.29 is 23.4 Å². The van der Waals surface area contributed by atoms with Gasteiger partial charge in [0.15, 0.2) is 0 Å². The van der Waals surface area contributed by atoms with Gasteiger partial charge in [0.2, 0.25) is 0 Å². The van der Waals surface area contributed by atoms with E-state index in [0.29, 0.717) is 5.75 Å². The van der Waals surface area contributed by atoms with Crippen LogP contribution < -0.4 is 4.74 Å². The second-order valence-electron chi connectivity index (χ2n) is 2.96. The number of alkyl halides is 1. The van der Waals surface area contributed by atoms with Crippen LogP contribution in [0.25, 0.3) is 0 Å². The summed E-state index contributed by atoms with van der Waals surface area (Å²) in [6.45, 7) is -0.349. The third-order valence-corrected chi connectivity index (χ3v) is 1.64. The minimum atomic E-state index is -1.56. The van der Waals surface area contributed by atoms with E-state index in [1.54, 1.807) is 0 Å². The number of benzene rings is 1. The number of carboxylic acids is 1. The molecule has 0 saturated carbocycles. The minimum Gasteiger partial charge on any atom is -0.491 e. The molecule has 1 aromatic rings. The Hall–Kier alpha value is -1.65. The summed E-state index contributed by atoms with van der Waals surface area (Å²) in [5.41, 5.74) is 0. The van der Waals surface area contributed by atoms with Crippen molar-refractivity contribution in [3.05, 3.63) is 30.1 Å². The molecule has 1 rings (SSSR count). The lowest BCUT2D eigenvalue weighted by molar-refractivity contribution is -0.138. The Morgan fingerprint density at radius 1 is 1.40 bits per heavy atom. The van der Waals surface area contributed by atoms with Crippen molar-refractivity contribution in [3.8, 4) is 5.75 Å². The quantitative estimate of drug-likeness (QED) is 0.818. The van der Waals surface area contributed by atoms with E-state index in [1.165, 1.54) is 24.3 Å². The Kier molecular flexibility index (Phi) is 4.03. The average Bonchev–Trinajstić information content (AvgIpc) is 2.16. The van der Waals surface area contributed by atoms with Crippen LogP contribution in [0.15, 0.2) is 24.3 Å². The molecule has 0 aliphatic heterocycles. The van der Waals surface area contributed by atoms with E-state index >= 15 is 0 Å². The van der Waals surface area contributed by atoms with Crippen LogP contribution in [0.2, 0.25) is 0 Å². The molecule has 0 amide bonds. The lowest BCUT2D eigenvalue weighted by Crippen LogP contribution is -2.16. The van der Waals surface area contributed by atoms with Crippen LogP contribution in [0.3, 0.4) is 0 Å². The Bertz CT molecular complexity index is 324. The third-order valence-electron chi connectivity index (χ3n) is 1.64. The Balaban J connectivity index is 2.36. The summed E-state index contributed by atoms with van der Waals surface area (Å²) in [5, 5.41) is 8.27. The molecule has 0 fully saturated rings. The normalized spacial score (nSPS) is 12.1. The maximum atomic E-state index is 12.8. The van der Waals surface area contributed by atoms with Crippen LogP contribution in [-0.2, 0) is 4.79 Å². The largest absolute Gasteiger partial charge is 0.491 e. The zero-order valence-electron chi connectivity index (χ0n) is 7.82. The highest BCUT2D eigenvalue weighted by atomic mass is 19.1. The standard InChI is InChI=1S/C10H10F2O3/c11-7-1-3-9(4-2-7)15-6-8(12)5-10(13)14/h1-4,8H,5-6H2,(H,13,14). The first-order valence-corrected chi connectivity index (χ1v) is 4.32. The minimum absolute atomic E-state index is 0.310. The topological polar surface area (TPSA) is 46.5 Å². The lowest BCUT2D eigenvalue weighted by atomic mass is 10.3. The lowest BCUT2D eigenvalue weighted by Gasteiger charge is -2.08. The molecule has 0 radical (unpaired) electrons. The van der Waals surface area contributed by atoms with E-state index in [9.17, 15) is 13.6 Å². The first-order valence-electron chi connectivity index (χ1n) is 4.32. The van der Waals surface area contributed by atoms with Crippen molar-refractivity contribution >= 4 is 5.97 Å². The highest BCUT2D eigenvalue weighted by molar-refractivity contribution is 5.67. The SMILES string of the molecule is O=C(O)CC(F)COc1ccc(F)cc1. The fraction of sp³-hybridized carbons (Fsp3) is 0.300. The molecule has 0 saturated heterocycles. The van der Waals surface area contributed by atoms with Crippen LogP contribution in [0.1, 0.15) is 6.42 Å². The van der Waals surface area contributed by atoms with Gasteiger partial charge in [0.05, 0.1) is 6.42 Å². The number of rotatable bonds is 5. The molecule has 0 aliphatic carbocycles. The van der Waals surface area contributed by atoms with Crippen molar-refractivity contribution in [1.82, 2.24) is 0 Å². The molecule has 0 heterocycles. The van der Waals surface area contributed by atoms with Gasteiger partial charge in [-0.15, -0.1) is 0 Å². The molecule has 1 unspecified atom stereocenters. The monoisotopic (exact) mass is 216 g/mol. The predicted molar refractivity (Wildman–Crippen MR) is 49.0 cm³/mol. The van der Waals surface area contributed by atoms with Gasteiger partial charge in [-0.3, -0.25) is 4.79 Å². The van der Waals surface area contributed by atoms with Gasteiger partial charge in [-0.2, -0.15) is 0 Å². The number of halogens is 2. The van der Waals surface area contributed by atoms with Crippen LogP contribution in [-0.4, -0.2) is 23.9 Å². The van der Waals surface area contributed by atoms with Crippen LogP contribution in [0.5, 0.6) is 5.75 Å². The maximum absolute atomic E-state index is 12.8. The fourth-order valence-electron chi connectivity index (χ4n) is 0.966. The summed E-state index contributed by atoms with van der Waals surface area (Å²) in [6, 6.07) is 5.06. The summed E-state index contributed by atoms with van der Waals surface area (Å²) in [6.07, 6.45) is -2.16. The van der Waals surface area contributed by atoms with Crippen molar-refractivity contribution in [2.45, 2.75) is 12.6 Å². The number of carbonyl (C=O) groups is 1. The van der Waals surface area contributed by atoms with E-state index in [0.717, 1.165) is 0 Å². The molecule has 0 aliphatic rings. The summed E-state index contributed by atoms with van der Waals surface area (Å²) in [7, 11) is 0. The van der Waals surface area contributed by atoms with Gasteiger partial charge >= 0.3 is 5.97 Å². The van der Waals surface area contributed by atoms with Crippen molar-refractivity contribution in [1.29, 1.82) is 0 Å². The van der Waals surface area contributed by atoms with Crippen LogP contribution >= 0.6 is 0 Å². The van der Waals surface area contributed by atoms with Crippen LogP contribution in [0.4, 0.5) is 8.78 Å². The van der Waals surface area contributed by atoms with E-state index in [2.05, 4.69) is 0 Å². The average molecular weight is 216 g/mol. The van der Waals surface area contributed by atoms with Crippen LogP contribution in [0, 0.1) is 5.82 Å². The molecule has 0 aromatic heterocycles. The van der Waals surface area contributed by atoms with E-state index in [4.69, 9.17) is 9.84 Å². The van der Waals surface area contributed by atoms with Gasteiger partial charge in [-0.25, -0.2) is 8.78 Å². The second kappa shape index (κ2) is 5.29. The van der Waals surface area contributed by atoms with Gasteiger partial charge in [0, 0.05) is 0 Å². The van der Waals surface area contributed by atoms with Crippen molar-refractivity contribution in [3.63, 3.8) is 0 Å². The fourth-order valence-corrected chi connectivity index (χ4v) is 0.966. The summed E-state index contributed by atoms with van der Waals surface area (Å²) >= 11 is 0. The van der Waals surface area contributed by atoms with Gasteiger partial charge in [-0.05, 0) is 24.3 Å². The Morgan fingerprint density at radius 3 is 2.53 bits per heavy atom. The van der Waals surface area contributed by atoms with E-state index in [1.807, 2.05) is 0 Å². The Labute approximate surface area is 85.3 Å². The summed E-state index contributed by atoms with van der Waals surface area (Å²) in [5.74, 6) is -1.32. The number of carboxylic acid groups (broad SMARTS) is 1. The molecule has 15 heavy (non-hydrogen) atoms. The number of hydrogen-bond acceptors (Lipinski definition) is 2. The maximum Gasteiger partial charge on any atom is 0.306 e. The summed E-state index contributed by atoms with van der Waals surface area (Å²) in [4.78, 5) is 10.1. The zero-order chi connectivity index (χ0) is 11.3. The smallest absolute Gasteiger partial charge is 0.306 e. The molecular weight excluding hydrogens is 206 g/mol.